The van der Waals surface area contributed by atoms with Crippen molar-refractivity contribution >= 4 is 11.6 Å². The van der Waals surface area contributed by atoms with Crippen LogP contribution in [0.2, 0.25) is 0 Å². The van der Waals surface area contributed by atoms with Gasteiger partial charge in [-0.3, -0.25) is 4.79 Å². The minimum Gasteiger partial charge on any atom is -0.467 e. The molecule has 0 aliphatic rings. The molecule has 1 heterocycles. The van der Waals surface area contributed by atoms with E-state index < -0.39 is 0 Å². The second-order valence-electron chi connectivity index (χ2n) is 4.55. The van der Waals surface area contributed by atoms with Crippen LogP contribution in [0.25, 0.3) is 0 Å². The number of nitrogen functional groups attached to an aromatic ring is 1. The van der Waals surface area contributed by atoms with Gasteiger partial charge < -0.3 is 15.5 Å². The van der Waals surface area contributed by atoms with Crippen LogP contribution in [0, 0.1) is 6.92 Å². The van der Waals surface area contributed by atoms with E-state index in [-0.39, 0.29) is 5.91 Å². The van der Waals surface area contributed by atoms with Gasteiger partial charge in [-0.15, -0.1) is 0 Å². The van der Waals surface area contributed by atoms with Gasteiger partial charge in [0.2, 0.25) is 5.91 Å². The van der Waals surface area contributed by atoms with Crippen LogP contribution in [0.3, 0.4) is 0 Å². The summed E-state index contributed by atoms with van der Waals surface area (Å²) in [6, 6.07) is 9.55. The zero-order chi connectivity index (χ0) is 13.7. The van der Waals surface area contributed by atoms with Crippen molar-refractivity contribution in [3.63, 3.8) is 0 Å². The van der Waals surface area contributed by atoms with E-state index in [0.29, 0.717) is 19.4 Å². The number of carbonyl (C=O) groups is 1. The van der Waals surface area contributed by atoms with Gasteiger partial charge in [0.1, 0.15) is 5.76 Å². The van der Waals surface area contributed by atoms with Crippen molar-refractivity contribution in [1.82, 2.24) is 5.32 Å². The van der Waals surface area contributed by atoms with Crippen LogP contribution in [0.4, 0.5) is 5.69 Å². The highest BCUT2D eigenvalue weighted by molar-refractivity contribution is 5.76. The predicted molar refractivity (Wildman–Crippen MR) is 74.5 cm³/mol. The summed E-state index contributed by atoms with van der Waals surface area (Å²) >= 11 is 0. The summed E-state index contributed by atoms with van der Waals surface area (Å²) in [5.74, 6) is 0.767. The fraction of sp³-hybridized carbons (Fsp3) is 0.267. The monoisotopic (exact) mass is 258 g/mol. The Morgan fingerprint density at radius 2 is 2.21 bits per heavy atom. The van der Waals surface area contributed by atoms with E-state index in [4.69, 9.17) is 10.2 Å². The van der Waals surface area contributed by atoms with Crippen LogP contribution in [-0.4, -0.2) is 5.91 Å². The SMILES string of the molecule is Cc1ccc(CCC(=O)NCc2ccco2)cc1N. The Kier molecular flexibility index (Phi) is 4.23. The summed E-state index contributed by atoms with van der Waals surface area (Å²) < 4.78 is 5.14. The molecule has 0 unspecified atom stereocenters. The number of aryl methyl sites for hydroxylation is 2. The molecule has 2 rings (SSSR count). The van der Waals surface area contributed by atoms with Crippen LogP contribution in [0.15, 0.2) is 41.0 Å². The molecule has 0 atom stereocenters. The normalized spacial score (nSPS) is 10.4. The molecule has 0 saturated carbocycles. The Morgan fingerprint density at radius 1 is 1.37 bits per heavy atom. The summed E-state index contributed by atoms with van der Waals surface area (Å²) in [5, 5.41) is 2.82. The summed E-state index contributed by atoms with van der Waals surface area (Å²) in [7, 11) is 0. The average Bonchev–Trinajstić information content (AvgIpc) is 2.91. The molecule has 1 amide bonds. The molecule has 0 aliphatic carbocycles. The van der Waals surface area contributed by atoms with Gasteiger partial charge in [0.15, 0.2) is 0 Å². The Morgan fingerprint density at radius 3 is 2.89 bits per heavy atom. The number of carbonyl (C=O) groups excluding carboxylic acids is 1. The Balaban J connectivity index is 1.78. The molecule has 1 aromatic heterocycles. The molecule has 0 saturated heterocycles. The minimum absolute atomic E-state index is 0.00977. The van der Waals surface area contributed by atoms with E-state index in [1.54, 1.807) is 12.3 Å². The van der Waals surface area contributed by atoms with E-state index in [2.05, 4.69) is 5.32 Å². The number of anilines is 1. The smallest absolute Gasteiger partial charge is 0.220 e. The number of furan rings is 1. The summed E-state index contributed by atoms with van der Waals surface area (Å²) in [6.07, 6.45) is 2.73. The lowest BCUT2D eigenvalue weighted by Crippen LogP contribution is -2.22. The number of amides is 1. The van der Waals surface area contributed by atoms with Crippen molar-refractivity contribution < 1.29 is 9.21 Å². The fourth-order valence-electron chi connectivity index (χ4n) is 1.79. The first-order valence-electron chi connectivity index (χ1n) is 6.29. The highest BCUT2D eigenvalue weighted by Gasteiger charge is 2.04. The van der Waals surface area contributed by atoms with Crippen molar-refractivity contribution in [2.45, 2.75) is 26.3 Å². The first kappa shape index (κ1) is 13.2. The van der Waals surface area contributed by atoms with E-state index >= 15 is 0 Å². The van der Waals surface area contributed by atoms with E-state index in [1.807, 2.05) is 31.2 Å². The van der Waals surface area contributed by atoms with Crippen molar-refractivity contribution in [1.29, 1.82) is 0 Å². The number of hydrogen-bond donors (Lipinski definition) is 2. The van der Waals surface area contributed by atoms with Gasteiger partial charge in [0.25, 0.3) is 0 Å². The van der Waals surface area contributed by atoms with Gasteiger partial charge in [-0.05, 0) is 42.7 Å². The molecule has 2 aromatic rings. The topological polar surface area (TPSA) is 68.3 Å². The van der Waals surface area contributed by atoms with Crippen molar-refractivity contribution in [2.75, 3.05) is 5.73 Å². The molecular formula is C15H18N2O2. The third-order valence-electron chi connectivity index (χ3n) is 3.02. The van der Waals surface area contributed by atoms with Crippen LogP contribution < -0.4 is 11.1 Å². The number of rotatable bonds is 5. The molecule has 0 radical (unpaired) electrons. The molecule has 19 heavy (non-hydrogen) atoms. The lowest BCUT2D eigenvalue weighted by molar-refractivity contribution is -0.121. The van der Waals surface area contributed by atoms with Crippen molar-refractivity contribution in [2.24, 2.45) is 0 Å². The fourth-order valence-corrected chi connectivity index (χ4v) is 1.79. The van der Waals surface area contributed by atoms with Gasteiger partial charge in [-0.2, -0.15) is 0 Å². The lowest BCUT2D eigenvalue weighted by atomic mass is 10.1. The van der Waals surface area contributed by atoms with Gasteiger partial charge in [0.05, 0.1) is 12.8 Å². The van der Waals surface area contributed by atoms with Crippen LogP contribution in [0.1, 0.15) is 23.3 Å². The molecule has 0 bridgehead atoms. The standard InChI is InChI=1S/C15H18N2O2/c1-11-4-5-12(9-14(11)16)6-7-15(18)17-10-13-3-2-8-19-13/h2-5,8-9H,6-7,10,16H2,1H3,(H,17,18). The zero-order valence-electron chi connectivity index (χ0n) is 11.0. The van der Waals surface area contributed by atoms with Gasteiger partial charge >= 0.3 is 0 Å². The molecule has 1 aromatic carbocycles. The number of nitrogens with one attached hydrogen (secondary N) is 1. The predicted octanol–water partition coefficient (Wildman–Crippen LogP) is 2.42. The van der Waals surface area contributed by atoms with Crippen molar-refractivity contribution in [3.8, 4) is 0 Å². The third-order valence-corrected chi connectivity index (χ3v) is 3.02. The molecule has 3 N–H and O–H groups in total. The number of benzene rings is 1. The Bertz CT molecular complexity index is 547. The maximum Gasteiger partial charge on any atom is 0.220 e. The maximum atomic E-state index is 11.7. The average molecular weight is 258 g/mol. The van der Waals surface area contributed by atoms with Gasteiger partial charge in [0, 0.05) is 12.1 Å². The number of hydrogen-bond acceptors (Lipinski definition) is 3. The van der Waals surface area contributed by atoms with E-state index in [1.165, 1.54) is 0 Å². The van der Waals surface area contributed by atoms with Gasteiger partial charge in [-0.25, -0.2) is 0 Å². The van der Waals surface area contributed by atoms with Gasteiger partial charge in [-0.1, -0.05) is 12.1 Å². The molecule has 100 valence electrons. The Hall–Kier alpha value is -2.23. The summed E-state index contributed by atoms with van der Waals surface area (Å²) in [5.41, 5.74) is 8.75. The largest absolute Gasteiger partial charge is 0.467 e. The third kappa shape index (κ3) is 3.88. The first-order chi connectivity index (χ1) is 9.15. The molecule has 4 heteroatoms. The quantitative estimate of drug-likeness (QED) is 0.809. The second kappa shape index (κ2) is 6.09. The molecule has 0 fully saturated rings. The zero-order valence-corrected chi connectivity index (χ0v) is 11.0. The molecule has 4 nitrogen and oxygen atoms in total. The van der Waals surface area contributed by atoms with Crippen LogP contribution >= 0.6 is 0 Å². The minimum atomic E-state index is 0.00977. The summed E-state index contributed by atoms with van der Waals surface area (Å²) in [4.78, 5) is 11.7. The molecular weight excluding hydrogens is 240 g/mol. The lowest BCUT2D eigenvalue weighted by Gasteiger charge is -2.06. The van der Waals surface area contributed by atoms with E-state index in [0.717, 1.165) is 22.6 Å². The second-order valence-corrected chi connectivity index (χ2v) is 4.55. The van der Waals surface area contributed by atoms with E-state index in [9.17, 15) is 4.79 Å². The highest BCUT2D eigenvalue weighted by atomic mass is 16.3. The first-order valence-corrected chi connectivity index (χ1v) is 6.29. The Labute approximate surface area is 112 Å². The maximum absolute atomic E-state index is 11.7. The van der Waals surface area contributed by atoms with Crippen LogP contribution in [0.5, 0.6) is 0 Å². The summed E-state index contributed by atoms with van der Waals surface area (Å²) in [6.45, 7) is 2.40. The van der Waals surface area contributed by atoms with Crippen molar-refractivity contribution in [3.05, 3.63) is 53.5 Å². The molecule has 0 aliphatic heterocycles. The highest BCUT2D eigenvalue weighted by Crippen LogP contribution is 2.14. The molecule has 0 spiro atoms. The number of nitrogens with two attached hydrogens (primary N) is 1. The van der Waals surface area contributed by atoms with Crippen LogP contribution in [-0.2, 0) is 17.8 Å².